The van der Waals surface area contributed by atoms with Crippen LogP contribution in [0.1, 0.15) is 37.9 Å². The maximum Gasteiger partial charge on any atom is 0.273 e. The lowest BCUT2D eigenvalue weighted by molar-refractivity contribution is -0.117. The van der Waals surface area contributed by atoms with Gasteiger partial charge in [0.2, 0.25) is 5.91 Å². The summed E-state index contributed by atoms with van der Waals surface area (Å²) in [6, 6.07) is 6.48. The first kappa shape index (κ1) is 20.7. The third kappa shape index (κ3) is 5.22. The number of nitrogens with zero attached hydrogens (tertiary/aromatic N) is 5. The van der Waals surface area contributed by atoms with Crippen LogP contribution in [0.4, 0.5) is 17.2 Å². The highest BCUT2D eigenvalue weighted by atomic mass is 16.5. The lowest BCUT2D eigenvalue weighted by Crippen LogP contribution is -2.22. The molecule has 0 saturated heterocycles. The summed E-state index contributed by atoms with van der Waals surface area (Å²) in [6.45, 7) is -2.76. The number of hydrogen-bond acceptors (Lipinski definition) is 9. The third-order valence-electron chi connectivity index (χ3n) is 5.36. The number of carbonyl (C=O) groups is 3. The molecule has 12 nitrogen and oxygen atoms in total. The van der Waals surface area contributed by atoms with E-state index >= 15 is 0 Å². The molecular formula is C24H26N8O4. The van der Waals surface area contributed by atoms with Gasteiger partial charge in [-0.05, 0) is 25.0 Å². The number of anilines is 3. The highest BCUT2D eigenvalue weighted by Gasteiger charge is 2.30. The second-order valence-electron chi connectivity index (χ2n) is 8.21. The van der Waals surface area contributed by atoms with Gasteiger partial charge < -0.3 is 25.6 Å². The molecule has 0 unspecified atom stereocenters. The number of rotatable bonds is 8. The van der Waals surface area contributed by atoms with Crippen LogP contribution in [-0.2, 0) is 4.79 Å². The Balaban J connectivity index is 1.70. The average molecular weight is 494 g/mol. The number of para-hydroxylation sites is 1. The van der Waals surface area contributed by atoms with Gasteiger partial charge in [-0.3, -0.25) is 19.4 Å². The Morgan fingerprint density at radius 2 is 1.92 bits per heavy atom. The lowest BCUT2D eigenvalue weighted by Gasteiger charge is -2.17. The van der Waals surface area contributed by atoms with Crippen molar-refractivity contribution in [3.8, 4) is 17.0 Å². The van der Waals surface area contributed by atoms with Gasteiger partial charge >= 0.3 is 0 Å². The third-order valence-corrected chi connectivity index (χ3v) is 5.36. The number of ether oxygens (including phenoxy) is 1. The van der Waals surface area contributed by atoms with Crippen LogP contribution in [0.2, 0.25) is 0 Å². The number of nitrogens with one attached hydrogen (secondary N) is 3. The van der Waals surface area contributed by atoms with Crippen LogP contribution < -0.4 is 20.7 Å². The average Bonchev–Trinajstić information content (AvgIpc) is 3.73. The van der Waals surface area contributed by atoms with E-state index in [0.717, 1.165) is 12.8 Å². The zero-order valence-corrected chi connectivity index (χ0v) is 19.8. The fraction of sp³-hybridized carbons (Fsp3) is 0.292. The van der Waals surface area contributed by atoms with Gasteiger partial charge in [-0.15, -0.1) is 10.2 Å². The van der Waals surface area contributed by atoms with E-state index in [-0.39, 0.29) is 40.6 Å². The molecule has 1 fully saturated rings. The molecule has 1 saturated carbocycles. The molecule has 3 amide bonds. The lowest BCUT2D eigenvalue weighted by atomic mass is 10.1. The van der Waals surface area contributed by atoms with Crippen LogP contribution in [0.5, 0.6) is 5.75 Å². The van der Waals surface area contributed by atoms with E-state index in [1.54, 1.807) is 32.3 Å². The number of carbonyl (C=O) groups excluding carboxylic acids is 3. The molecule has 1 aliphatic rings. The molecule has 3 aromatic rings. The molecule has 4 rings (SSSR count). The molecule has 0 spiro atoms. The van der Waals surface area contributed by atoms with Crippen LogP contribution in [0.3, 0.4) is 0 Å². The first-order valence-corrected chi connectivity index (χ1v) is 11.0. The van der Waals surface area contributed by atoms with Crippen molar-refractivity contribution in [3.05, 3.63) is 48.0 Å². The van der Waals surface area contributed by atoms with Gasteiger partial charge in [-0.25, -0.2) is 4.98 Å². The molecular weight excluding hydrogens is 464 g/mol. The Kier molecular flexibility index (Phi) is 5.95. The second-order valence-corrected chi connectivity index (χ2v) is 8.21. The van der Waals surface area contributed by atoms with Crippen molar-refractivity contribution in [2.24, 2.45) is 5.92 Å². The zero-order chi connectivity index (χ0) is 28.3. The fourth-order valence-corrected chi connectivity index (χ4v) is 3.36. The van der Waals surface area contributed by atoms with Gasteiger partial charge in [0, 0.05) is 42.7 Å². The highest BCUT2D eigenvalue weighted by Crippen LogP contribution is 2.37. The summed E-state index contributed by atoms with van der Waals surface area (Å²) in [7, 11) is 4.66. The van der Waals surface area contributed by atoms with Crippen molar-refractivity contribution >= 4 is 34.9 Å². The van der Waals surface area contributed by atoms with Gasteiger partial charge in [0.1, 0.15) is 5.69 Å². The summed E-state index contributed by atoms with van der Waals surface area (Å²) < 4.78 is 27.7. The standard InChI is InChI=1S/C24H26N8O4/c1-25-23(34)20-16(10-19(30-31-20)29-22(33)13-8-9-13)28-15-7-5-6-14(21(15)36-4)17-11-27-18(12-26-17)24(35)32(2)3/h5-7,10-13H,8-9H2,1-4H3,(H,25,34)(H2,28,29,30,33)/i1D3. The SMILES string of the molecule is [2H]C([2H])([2H])NC(=O)c1nnc(NC(=O)C2CC2)cc1Nc1cccc(-c2cnc(C(=O)N(C)C)cn2)c1OC. The molecule has 12 heteroatoms. The van der Waals surface area contributed by atoms with E-state index in [1.807, 2.05) is 5.32 Å². The summed E-state index contributed by atoms with van der Waals surface area (Å²) in [4.78, 5) is 47.1. The molecule has 2 aromatic heterocycles. The van der Waals surface area contributed by atoms with E-state index < -0.39 is 12.9 Å². The monoisotopic (exact) mass is 493 g/mol. The van der Waals surface area contributed by atoms with Crippen molar-refractivity contribution in [1.29, 1.82) is 0 Å². The van der Waals surface area contributed by atoms with Gasteiger partial charge in [-0.2, -0.15) is 0 Å². The van der Waals surface area contributed by atoms with E-state index in [2.05, 4.69) is 30.8 Å². The van der Waals surface area contributed by atoms with Gasteiger partial charge in [0.15, 0.2) is 17.3 Å². The molecule has 0 radical (unpaired) electrons. The molecule has 1 aromatic carbocycles. The van der Waals surface area contributed by atoms with Crippen LogP contribution in [0.15, 0.2) is 36.7 Å². The summed E-state index contributed by atoms with van der Waals surface area (Å²) in [5.41, 5.74) is 1.25. The Morgan fingerprint density at radius 1 is 1.11 bits per heavy atom. The maximum atomic E-state index is 12.7. The summed E-state index contributed by atoms with van der Waals surface area (Å²) in [6.07, 6.45) is 4.35. The molecule has 1 aliphatic carbocycles. The smallest absolute Gasteiger partial charge is 0.273 e. The summed E-state index contributed by atoms with van der Waals surface area (Å²) in [5.74, 6) is -1.20. The number of aromatic nitrogens is 4. The minimum absolute atomic E-state index is 0.0753. The molecule has 186 valence electrons. The number of methoxy groups -OCH3 is 1. The van der Waals surface area contributed by atoms with Gasteiger partial charge in [0.25, 0.3) is 11.8 Å². The zero-order valence-electron chi connectivity index (χ0n) is 22.8. The molecule has 0 bridgehead atoms. The van der Waals surface area contributed by atoms with Crippen LogP contribution in [0.25, 0.3) is 11.3 Å². The second kappa shape index (κ2) is 10.3. The van der Waals surface area contributed by atoms with Crippen molar-refractivity contribution in [2.45, 2.75) is 12.8 Å². The van der Waals surface area contributed by atoms with E-state index in [0.29, 0.717) is 22.7 Å². The molecule has 3 N–H and O–H groups in total. The number of benzene rings is 1. The normalized spacial score (nSPS) is 14.0. The summed E-state index contributed by atoms with van der Waals surface area (Å²) >= 11 is 0. The van der Waals surface area contributed by atoms with Crippen LogP contribution in [-0.4, -0.2) is 71.0 Å². The topological polar surface area (TPSA) is 151 Å². The number of hydrogen-bond donors (Lipinski definition) is 3. The van der Waals surface area contributed by atoms with Crippen LogP contribution >= 0.6 is 0 Å². The Morgan fingerprint density at radius 3 is 2.56 bits per heavy atom. The largest absolute Gasteiger partial charge is 0.494 e. The van der Waals surface area contributed by atoms with E-state index in [9.17, 15) is 14.4 Å². The Hall–Kier alpha value is -4.61. The quantitative estimate of drug-likeness (QED) is 0.428. The first-order valence-electron chi connectivity index (χ1n) is 12.5. The Bertz CT molecular complexity index is 1410. The molecule has 2 heterocycles. The van der Waals surface area contributed by atoms with Gasteiger partial charge in [-0.1, -0.05) is 6.07 Å². The van der Waals surface area contributed by atoms with Crippen molar-refractivity contribution in [1.82, 2.24) is 30.4 Å². The van der Waals surface area contributed by atoms with Crippen LogP contribution in [0, 0.1) is 5.92 Å². The van der Waals surface area contributed by atoms with E-state index in [4.69, 9.17) is 8.85 Å². The molecule has 36 heavy (non-hydrogen) atoms. The maximum absolute atomic E-state index is 12.7. The van der Waals surface area contributed by atoms with Gasteiger partial charge in [0.05, 0.1) is 36.6 Å². The fourth-order valence-electron chi connectivity index (χ4n) is 3.36. The summed E-state index contributed by atoms with van der Waals surface area (Å²) in [5, 5.41) is 15.3. The van der Waals surface area contributed by atoms with E-state index in [1.165, 1.54) is 30.5 Å². The predicted molar refractivity (Wildman–Crippen MR) is 132 cm³/mol. The molecule has 0 aliphatic heterocycles. The van der Waals surface area contributed by atoms with Crippen molar-refractivity contribution < 1.29 is 23.2 Å². The van der Waals surface area contributed by atoms with Crippen molar-refractivity contribution in [2.75, 3.05) is 38.8 Å². The minimum atomic E-state index is -2.76. The first-order chi connectivity index (χ1) is 18.5. The number of amides is 3. The minimum Gasteiger partial charge on any atom is -0.494 e. The van der Waals surface area contributed by atoms with Crippen molar-refractivity contribution in [3.63, 3.8) is 0 Å². The molecule has 0 atom stereocenters. The highest BCUT2D eigenvalue weighted by molar-refractivity contribution is 6.00. The predicted octanol–water partition coefficient (Wildman–Crippen LogP) is 2.10. The Labute approximate surface area is 211 Å².